The molecule has 0 fully saturated rings. The van der Waals surface area contributed by atoms with Crippen LogP contribution in [0.5, 0.6) is 0 Å². The fourth-order valence-corrected chi connectivity index (χ4v) is 4.39. The van der Waals surface area contributed by atoms with E-state index in [1.165, 1.54) is 0 Å². The Balaban J connectivity index is 1.65. The lowest BCUT2D eigenvalue weighted by atomic mass is 10.0. The van der Waals surface area contributed by atoms with Crippen LogP contribution in [0.1, 0.15) is 6.42 Å². The molecule has 1 heterocycles. The molecule has 7 heteroatoms. The lowest BCUT2D eigenvalue weighted by Crippen LogP contribution is -2.16. The Kier molecular flexibility index (Phi) is 5.40. The molecule has 0 bridgehead atoms. The van der Waals surface area contributed by atoms with Crippen molar-refractivity contribution in [3.63, 3.8) is 0 Å². The second-order valence-electron chi connectivity index (χ2n) is 6.79. The van der Waals surface area contributed by atoms with Gasteiger partial charge in [-0.15, -0.1) is 0 Å². The summed E-state index contributed by atoms with van der Waals surface area (Å²) >= 11 is 0. The van der Waals surface area contributed by atoms with Gasteiger partial charge in [0.05, 0.1) is 30.3 Å². The van der Waals surface area contributed by atoms with E-state index < -0.39 is 10.0 Å². The Morgan fingerprint density at radius 1 is 0.793 bits per heavy atom. The molecule has 0 aliphatic rings. The molecule has 0 unspecified atom stereocenters. The summed E-state index contributed by atoms with van der Waals surface area (Å²) in [6, 6.07) is 23.2. The lowest BCUT2D eigenvalue weighted by molar-refractivity contribution is 0.600. The van der Waals surface area contributed by atoms with Crippen molar-refractivity contribution in [3.05, 3.63) is 72.8 Å². The third kappa shape index (κ3) is 4.35. The molecule has 4 rings (SSSR count). The lowest BCUT2D eigenvalue weighted by Gasteiger charge is -2.14. The van der Waals surface area contributed by atoms with Crippen LogP contribution in [0.2, 0.25) is 6.32 Å². The molecule has 0 aliphatic heterocycles. The van der Waals surface area contributed by atoms with Crippen LogP contribution in [0.25, 0.3) is 21.8 Å². The molecule has 0 amide bonds. The number of aromatic nitrogens is 1. The smallest absolute Gasteiger partial charge is 0.232 e. The van der Waals surface area contributed by atoms with Crippen LogP contribution in [-0.4, -0.2) is 27.0 Å². The largest absolute Gasteiger partial charge is 0.354 e. The van der Waals surface area contributed by atoms with E-state index >= 15 is 0 Å². The Labute approximate surface area is 171 Å². The summed E-state index contributed by atoms with van der Waals surface area (Å²) in [6.45, 7) is 0. The average Bonchev–Trinajstić information content (AvgIpc) is 2.73. The standard InChI is InChI=1S/C22H20BN3O2S/c23-14-5-15-29(27,28)26-17-12-10-16(11-13-17)24-22-18-6-1-3-8-20(18)25-21-9-4-2-7-19(21)22/h1-4,6-13,26H,5,14-15H2,(H,24,25). The molecular weight excluding hydrogens is 381 g/mol. The first-order valence-corrected chi connectivity index (χ1v) is 11.1. The molecular formula is C22H20BN3O2S. The van der Waals surface area contributed by atoms with Crippen LogP contribution in [0, 0.1) is 0 Å². The van der Waals surface area contributed by atoms with Gasteiger partial charge in [0.1, 0.15) is 0 Å². The van der Waals surface area contributed by atoms with Crippen LogP contribution in [-0.2, 0) is 10.0 Å². The number of para-hydroxylation sites is 2. The molecule has 4 aromatic rings. The second kappa shape index (κ2) is 8.13. The molecule has 1 aromatic heterocycles. The maximum Gasteiger partial charge on any atom is 0.232 e. The van der Waals surface area contributed by atoms with Crippen molar-refractivity contribution in [1.82, 2.24) is 4.98 Å². The van der Waals surface area contributed by atoms with E-state index in [1.54, 1.807) is 12.1 Å². The molecule has 29 heavy (non-hydrogen) atoms. The zero-order valence-corrected chi connectivity index (χ0v) is 16.6. The Bertz CT molecular complexity index is 1200. The number of benzene rings is 3. The number of rotatable bonds is 7. The van der Waals surface area contributed by atoms with Crippen LogP contribution < -0.4 is 10.0 Å². The molecule has 3 aromatic carbocycles. The van der Waals surface area contributed by atoms with Crippen LogP contribution in [0.3, 0.4) is 0 Å². The third-order valence-electron chi connectivity index (χ3n) is 4.63. The number of fused-ring (bicyclic) bond motifs is 2. The van der Waals surface area contributed by atoms with Gasteiger partial charge in [0.25, 0.3) is 0 Å². The molecule has 2 N–H and O–H groups in total. The predicted octanol–water partition coefficient (Wildman–Crippen LogP) is 4.85. The van der Waals surface area contributed by atoms with Crippen molar-refractivity contribution in [2.24, 2.45) is 0 Å². The van der Waals surface area contributed by atoms with Crippen LogP contribution in [0.4, 0.5) is 17.1 Å². The van der Waals surface area contributed by atoms with E-state index in [0.717, 1.165) is 33.2 Å². The number of hydrogen-bond acceptors (Lipinski definition) is 4. The summed E-state index contributed by atoms with van der Waals surface area (Å²) in [5.74, 6) is 0.0124. The van der Waals surface area contributed by atoms with Crippen molar-refractivity contribution in [1.29, 1.82) is 0 Å². The first-order chi connectivity index (χ1) is 14.1. The summed E-state index contributed by atoms with van der Waals surface area (Å²) in [5.41, 5.74) is 4.19. The molecule has 0 saturated heterocycles. The topological polar surface area (TPSA) is 71.1 Å². The Morgan fingerprint density at radius 2 is 1.34 bits per heavy atom. The minimum absolute atomic E-state index is 0.0124. The fraction of sp³-hybridized carbons (Fsp3) is 0.136. The van der Waals surface area contributed by atoms with E-state index in [2.05, 4.69) is 10.0 Å². The molecule has 5 nitrogen and oxygen atoms in total. The molecule has 0 atom stereocenters. The third-order valence-corrected chi connectivity index (χ3v) is 6.01. The highest BCUT2D eigenvalue weighted by molar-refractivity contribution is 7.92. The van der Waals surface area contributed by atoms with Crippen molar-refractivity contribution < 1.29 is 8.42 Å². The van der Waals surface area contributed by atoms with Gasteiger partial charge >= 0.3 is 0 Å². The highest BCUT2D eigenvalue weighted by Gasteiger charge is 2.11. The van der Waals surface area contributed by atoms with Crippen LogP contribution >= 0.6 is 0 Å². The summed E-state index contributed by atoms with van der Waals surface area (Å²) in [7, 11) is 2.01. The average molecular weight is 401 g/mol. The van der Waals surface area contributed by atoms with Crippen molar-refractivity contribution in [2.75, 3.05) is 15.8 Å². The minimum Gasteiger partial charge on any atom is -0.354 e. The van der Waals surface area contributed by atoms with Crippen molar-refractivity contribution in [3.8, 4) is 0 Å². The zero-order valence-electron chi connectivity index (χ0n) is 15.8. The first kappa shape index (κ1) is 19.3. The normalized spacial score (nSPS) is 11.6. The number of pyridine rings is 1. The van der Waals surface area contributed by atoms with Gasteiger partial charge < -0.3 is 5.32 Å². The number of anilines is 3. The number of nitrogens with one attached hydrogen (secondary N) is 2. The minimum atomic E-state index is -3.38. The van der Waals surface area contributed by atoms with Gasteiger partial charge in [0, 0.05) is 22.1 Å². The van der Waals surface area contributed by atoms with Gasteiger partial charge in [-0.25, -0.2) is 13.4 Å². The quantitative estimate of drug-likeness (QED) is 0.343. The van der Waals surface area contributed by atoms with E-state index in [-0.39, 0.29) is 5.75 Å². The molecule has 0 saturated carbocycles. The van der Waals surface area contributed by atoms with Gasteiger partial charge in [-0.05, 0) is 42.8 Å². The Morgan fingerprint density at radius 3 is 1.93 bits per heavy atom. The van der Waals surface area contributed by atoms with Gasteiger partial charge in [-0.3, -0.25) is 4.72 Å². The van der Waals surface area contributed by atoms with Gasteiger partial charge in [0.15, 0.2) is 0 Å². The summed E-state index contributed by atoms with van der Waals surface area (Å²) in [4.78, 5) is 4.73. The number of hydrogen-bond donors (Lipinski definition) is 2. The van der Waals surface area contributed by atoms with E-state index in [1.807, 2.05) is 60.7 Å². The summed E-state index contributed by atoms with van der Waals surface area (Å²) < 4.78 is 26.7. The fourth-order valence-electron chi connectivity index (χ4n) is 3.24. The van der Waals surface area contributed by atoms with Crippen molar-refractivity contribution >= 4 is 56.7 Å². The molecule has 144 valence electrons. The molecule has 2 radical (unpaired) electrons. The maximum absolute atomic E-state index is 12.0. The Hall–Kier alpha value is -3.06. The van der Waals surface area contributed by atoms with Gasteiger partial charge in [-0.2, -0.15) is 0 Å². The van der Waals surface area contributed by atoms with E-state index in [0.29, 0.717) is 18.4 Å². The van der Waals surface area contributed by atoms with Crippen molar-refractivity contribution in [2.45, 2.75) is 12.7 Å². The number of nitrogens with zero attached hydrogens (tertiary/aromatic N) is 1. The zero-order chi connectivity index (χ0) is 20.3. The molecule has 0 aliphatic carbocycles. The second-order valence-corrected chi connectivity index (χ2v) is 8.63. The van der Waals surface area contributed by atoms with E-state index in [9.17, 15) is 8.42 Å². The van der Waals surface area contributed by atoms with Gasteiger partial charge in [-0.1, -0.05) is 42.7 Å². The monoisotopic (exact) mass is 401 g/mol. The first-order valence-electron chi connectivity index (χ1n) is 9.41. The van der Waals surface area contributed by atoms with E-state index in [4.69, 9.17) is 12.8 Å². The maximum atomic E-state index is 12.0. The van der Waals surface area contributed by atoms with Crippen LogP contribution in [0.15, 0.2) is 72.8 Å². The highest BCUT2D eigenvalue weighted by Crippen LogP contribution is 2.33. The highest BCUT2D eigenvalue weighted by atomic mass is 32.2. The summed E-state index contributed by atoms with van der Waals surface area (Å²) in [5, 5.41) is 5.53. The number of sulfonamides is 1. The van der Waals surface area contributed by atoms with Gasteiger partial charge in [0.2, 0.25) is 10.0 Å². The predicted molar refractivity (Wildman–Crippen MR) is 122 cm³/mol. The summed E-state index contributed by atoms with van der Waals surface area (Å²) in [6.07, 6.45) is 0.773. The SMILES string of the molecule is [B]CCCS(=O)(=O)Nc1ccc(Nc2c3ccccc3nc3ccccc23)cc1. The molecule has 0 spiro atoms.